The Morgan fingerprint density at radius 2 is 2.06 bits per heavy atom. The Hall–Kier alpha value is -1.06. The first-order valence-electron chi connectivity index (χ1n) is 5.54. The molecule has 0 saturated carbocycles. The molecule has 0 bridgehead atoms. The lowest BCUT2D eigenvalue weighted by atomic mass is 10.1. The fourth-order valence-corrected chi connectivity index (χ4v) is 1.37. The van der Waals surface area contributed by atoms with E-state index in [4.69, 9.17) is 4.74 Å². The monoisotopic (exact) mass is 224 g/mol. The summed E-state index contributed by atoms with van der Waals surface area (Å²) < 4.78 is 5.60. The van der Waals surface area contributed by atoms with Crippen molar-refractivity contribution in [2.45, 2.75) is 39.4 Å². The zero-order valence-corrected chi connectivity index (χ0v) is 10.2. The van der Waals surface area contributed by atoms with Gasteiger partial charge in [-0.2, -0.15) is 0 Å². The molecule has 1 aromatic rings. The number of hydrogen-bond acceptors (Lipinski definition) is 3. The van der Waals surface area contributed by atoms with Crippen LogP contribution in [0.4, 0.5) is 0 Å². The topological polar surface area (TPSA) is 49.7 Å². The molecule has 0 saturated heterocycles. The molecule has 0 fully saturated rings. The summed E-state index contributed by atoms with van der Waals surface area (Å²) in [6.07, 6.45) is 0.632. The van der Waals surface area contributed by atoms with Crippen LogP contribution in [0, 0.1) is 6.92 Å². The zero-order valence-electron chi connectivity index (χ0n) is 10.2. The fourth-order valence-electron chi connectivity index (χ4n) is 1.37. The normalized spacial score (nSPS) is 14.6. The van der Waals surface area contributed by atoms with Crippen LogP contribution in [-0.2, 0) is 6.61 Å². The average Bonchev–Trinajstić information content (AvgIpc) is 2.27. The number of para-hydroxylation sites is 1. The van der Waals surface area contributed by atoms with E-state index in [2.05, 4.69) is 0 Å². The average molecular weight is 224 g/mol. The minimum Gasteiger partial charge on any atom is -0.490 e. The van der Waals surface area contributed by atoms with Crippen LogP contribution in [0.25, 0.3) is 0 Å². The van der Waals surface area contributed by atoms with Gasteiger partial charge in [-0.3, -0.25) is 0 Å². The van der Waals surface area contributed by atoms with Gasteiger partial charge in [0.05, 0.1) is 12.2 Å². The fraction of sp³-hybridized carbons (Fsp3) is 0.538. The third-order valence-corrected chi connectivity index (χ3v) is 2.75. The Bertz CT molecular complexity index is 345. The summed E-state index contributed by atoms with van der Waals surface area (Å²) in [7, 11) is 0. The minimum absolute atomic E-state index is 0.0503. The molecule has 90 valence electrons. The highest BCUT2D eigenvalue weighted by molar-refractivity contribution is 5.40. The van der Waals surface area contributed by atoms with Crippen LogP contribution < -0.4 is 4.74 Å². The van der Waals surface area contributed by atoms with Crippen molar-refractivity contribution in [3.63, 3.8) is 0 Å². The maximum atomic E-state index is 9.85. The standard InChI is InChI=1S/C13H20O3/c1-4-13(3,15)9-16-12-10(2)6-5-7-11(12)8-14/h5-7,14-15H,4,8-9H2,1-3H3. The van der Waals surface area contributed by atoms with Gasteiger partial charge in [-0.15, -0.1) is 0 Å². The lowest BCUT2D eigenvalue weighted by Gasteiger charge is -2.23. The van der Waals surface area contributed by atoms with Gasteiger partial charge >= 0.3 is 0 Å². The molecule has 0 heterocycles. The van der Waals surface area contributed by atoms with E-state index >= 15 is 0 Å². The first kappa shape index (κ1) is 13.0. The van der Waals surface area contributed by atoms with Gasteiger partial charge in [0.1, 0.15) is 12.4 Å². The molecule has 0 radical (unpaired) electrons. The maximum Gasteiger partial charge on any atom is 0.127 e. The van der Waals surface area contributed by atoms with Crippen molar-refractivity contribution in [1.82, 2.24) is 0 Å². The van der Waals surface area contributed by atoms with Gasteiger partial charge in [-0.05, 0) is 25.8 Å². The van der Waals surface area contributed by atoms with Crippen LogP contribution in [0.2, 0.25) is 0 Å². The molecule has 2 N–H and O–H groups in total. The highest BCUT2D eigenvalue weighted by Crippen LogP contribution is 2.24. The van der Waals surface area contributed by atoms with Crippen molar-refractivity contribution in [3.8, 4) is 5.75 Å². The molecule has 3 nitrogen and oxygen atoms in total. The largest absolute Gasteiger partial charge is 0.490 e. The summed E-state index contributed by atoms with van der Waals surface area (Å²) in [4.78, 5) is 0. The van der Waals surface area contributed by atoms with E-state index in [-0.39, 0.29) is 13.2 Å². The number of aliphatic hydroxyl groups is 2. The summed E-state index contributed by atoms with van der Waals surface area (Å²) in [5.41, 5.74) is 0.903. The molecule has 0 aromatic heterocycles. The zero-order chi connectivity index (χ0) is 12.2. The van der Waals surface area contributed by atoms with Gasteiger partial charge in [-0.25, -0.2) is 0 Å². The number of benzene rings is 1. The molecule has 0 aliphatic carbocycles. The van der Waals surface area contributed by atoms with Crippen LogP contribution in [0.1, 0.15) is 31.4 Å². The first-order chi connectivity index (χ1) is 7.50. The molecule has 1 rings (SSSR count). The van der Waals surface area contributed by atoms with E-state index in [1.54, 1.807) is 6.92 Å². The van der Waals surface area contributed by atoms with E-state index < -0.39 is 5.60 Å². The maximum absolute atomic E-state index is 9.85. The van der Waals surface area contributed by atoms with Crippen LogP contribution >= 0.6 is 0 Å². The molecule has 1 unspecified atom stereocenters. The highest BCUT2D eigenvalue weighted by atomic mass is 16.5. The Morgan fingerprint density at radius 3 is 2.62 bits per heavy atom. The quantitative estimate of drug-likeness (QED) is 0.804. The Morgan fingerprint density at radius 1 is 1.38 bits per heavy atom. The number of aryl methyl sites for hydroxylation is 1. The molecule has 16 heavy (non-hydrogen) atoms. The molecule has 0 spiro atoms. The SMILES string of the molecule is CCC(C)(O)COc1c(C)cccc1CO. The van der Waals surface area contributed by atoms with Crippen LogP contribution in [0.15, 0.2) is 18.2 Å². The molecule has 0 aliphatic rings. The summed E-state index contributed by atoms with van der Waals surface area (Å²) in [6, 6.07) is 5.63. The number of rotatable bonds is 5. The van der Waals surface area contributed by atoms with Gasteiger partial charge in [0, 0.05) is 5.56 Å². The van der Waals surface area contributed by atoms with Crippen molar-refractivity contribution < 1.29 is 14.9 Å². The van der Waals surface area contributed by atoms with E-state index in [1.165, 1.54) is 0 Å². The number of ether oxygens (including phenoxy) is 1. The van der Waals surface area contributed by atoms with E-state index in [9.17, 15) is 10.2 Å². The third kappa shape index (κ3) is 3.22. The van der Waals surface area contributed by atoms with Crippen molar-refractivity contribution in [2.24, 2.45) is 0 Å². The predicted molar refractivity (Wildman–Crippen MR) is 63.5 cm³/mol. The van der Waals surface area contributed by atoms with Crippen LogP contribution in [-0.4, -0.2) is 22.4 Å². The third-order valence-electron chi connectivity index (χ3n) is 2.75. The van der Waals surface area contributed by atoms with Crippen molar-refractivity contribution >= 4 is 0 Å². The highest BCUT2D eigenvalue weighted by Gasteiger charge is 2.19. The Kier molecular flexibility index (Phi) is 4.33. The summed E-state index contributed by atoms with van der Waals surface area (Å²) >= 11 is 0. The summed E-state index contributed by atoms with van der Waals surface area (Å²) in [5, 5.41) is 19.0. The Labute approximate surface area is 96.7 Å². The molecule has 3 heteroatoms. The second-order valence-corrected chi connectivity index (χ2v) is 4.36. The molecule has 0 aliphatic heterocycles. The van der Waals surface area contributed by atoms with Gasteiger partial charge in [0.2, 0.25) is 0 Å². The molecule has 0 amide bonds. The molecular weight excluding hydrogens is 204 g/mol. The van der Waals surface area contributed by atoms with Crippen LogP contribution in [0.3, 0.4) is 0 Å². The molecular formula is C13H20O3. The van der Waals surface area contributed by atoms with Gasteiger partial charge in [0.15, 0.2) is 0 Å². The lowest BCUT2D eigenvalue weighted by molar-refractivity contribution is 0.00764. The van der Waals surface area contributed by atoms with Gasteiger partial charge < -0.3 is 14.9 Å². The molecule has 1 aromatic carbocycles. The minimum atomic E-state index is -0.824. The predicted octanol–water partition coefficient (Wildman–Crippen LogP) is 2.03. The van der Waals surface area contributed by atoms with Crippen molar-refractivity contribution in [2.75, 3.05) is 6.61 Å². The van der Waals surface area contributed by atoms with E-state index in [0.717, 1.165) is 11.1 Å². The van der Waals surface area contributed by atoms with E-state index in [1.807, 2.05) is 32.0 Å². The lowest BCUT2D eigenvalue weighted by Crippen LogP contribution is -2.31. The summed E-state index contributed by atoms with van der Waals surface area (Å²) in [5.74, 6) is 0.679. The smallest absolute Gasteiger partial charge is 0.127 e. The number of aliphatic hydroxyl groups excluding tert-OH is 1. The Balaban J connectivity index is 2.80. The summed E-state index contributed by atoms with van der Waals surface area (Å²) in [6.45, 7) is 5.76. The number of hydrogen-bond donors (Lipinski definition) is 2. The second kappa shape index (κ2) is 5.32. The van der Waals surface area contributed by atoms with Crippen LogP contribution in [0.5, 0.6) is 5.75 Å². The first-order valence-corrected chi connectivity index (χ1v) is 5.54. The van der Waals surface area contributed by atoms with E-state index in [0.29, 0.717) is 12.2 Å². The van der Waals surface area contributed by atoms with Crippen molar-refractivity contribution in [1.29, 1.82) is 0 Å². The van der Waals surface area contributed by atoms with Gasteiger partial charge in [-0.1, -0.05) is 25.1 Å². The van der Waals surface area contributed by atoms with Gasteiger partial charge in [0.25, 0.3) is 0 Å². The van der Waals surface area contributed by atoms with Crippen molar-refractivity contribution in [3.05, 3.63) is 29.3 Å². The molecule has 1 atom stereocenters. The second-order valence-electron chi connectivity index (χ2n) is 4.36.